The molecule has 0 heterocycles. The van der Waals surface area contributed by atoms with Crippen molar-refractivity contribution in [3.05, 3.63) is 144 Å². The summed E-state index contributed by atoms with van der Waals surface area (Å²) >= 11 is 0. The summed E-state index contributed by atoms with van der Waals surface area (Å²) in [5.41, 5.74) is 3.66. The molecule has 0 N–H and O–H groups in total. The summed E-state index contributed by atoms with van der Waals surface area (Å²) in [6.07, 6.45) is 0.926. The second kappa shape index (κ2) is 16.5. The van der Waals surface area contributed by atoms with Crippen LogP contribution in [0.3, 0.4) is 0 Å². The van der Waals surface area contributed by atoms with E-state index in [9.17, 15) is 14.2 Å². The first-order valence-corrected chi connectivity index (χ1v) is 16.2. The molecular formula is C35H37O6P. The first kappa shape index (κ1) is 31.0. The molecular weight excluding hydrogens is 547 g/mol. The molecule has 0 fully saturated rings. The van der Waals surface area contributed by atoms with Crippen LogP contribution in [0.1, 0.15) is 35.1 Å². The fraction of sp³-hybridized carbons (Fsp3) is 0.257. The van der Waals surface area contributed by atoms with Crippen molar-refractivity contribution in [2.24, 2.45) is 5.92 Å². The van der Waals surface area contributed by atoms with Gasteiger partial charge in [0, 0.05) is 18.7 Å². The summed E-state index contributed by atoms with van der Waals surface area (Å²) in [5.74, 6) is -1.72. The number of aryl methyl sites for hydroxylation is 1. The molecule has 0 spiro atoms. The third kappa shape index (κ3) is 10.8. The Morgan fingerprint density at radius 3 is 1.57 bits per heavy atom. The molecule has 4 aromatic carbocycles. The van der Waals surface area contributed by atoms with Gasteiger partial charge in [-0.1, -0.05) is 121 Å². The van der Waals surface area contributed by atoms with E-state index in [4.69, 9.17) is 14.0 Å². The van der Waals surface area contributed by atoms with Crippen LogP contribution in [0.2, 0.25) is 0 Å². The smallest absolute Gasteiger partial charge is 0.309 e. The highest BCUT2D eigenvalue weighted by Gasteiger charge is 2.33. The molecule has 218 valence electrons. The number of ether oxygens (including phenoxy) is 2. The molecule has 0 aliphatic heterocycles. The second-order valence-corrected chi connectivity index (χ2v) is 12.9. The first-order chi connectivity index (χ1) is 20.5. The minimum atomic E-state index is -3.33. The Bertz CT molecular complexity index is 1360. The summed E-state index contributed by atoms with van der Waals surface area (Å²) in [6, 6.07) is 38.1. The highest BCUT2D eigenvalue weighted by Crippen LogP contribution is 2.50. The summed E-state index contributed by atoms with van der Waals surface area (Å²) in [7, 11) is -3.33. The molecule has 0 aliphatic rings. The van der Waals surface area contributed by atoms with E-state index in [1.54, 1.807) is 0 Å². The Kier molecular flexibility index (Phi) is 12.1. The lowest BCUT2D eigenvalue weighted by atomic mass is 10.1. The lowest BCUT2D eigenvalue weighted by Crippen LogP contribution is -2.24. The largest absolute Gasteiger partial charge is 0.461 e. The standard InChI is InChI=1S/C35H37O6P/c36-34(39-25-30-15-7-2-8-16-30)22-21-33(35(37)40-26-31-17-9-3-10-18-31)28-42(38,24-23-29-13-5-1-6-14-29)41-27-32-19-11-4-12-20-32/h1-20,33H,21-28H2. The van der Waals surface area contributed by atoms with Gasteiger partial charge < -0.3 is 14.0 Å². The molecule has 7 heteroatoms. The molecule has 0 aromatic heterocycles. The average Bonchev–Trinajstić information content (AvgIpc) is 3.05. The van der Waals surface area contributed by atoms with Crippen molar-refractivity contribution < 1.29 is 28.2 Å². The van der Waals surface area contributed by atoms with Crippen LogP contribution >= 0.6 is 7.37 Å². The average molecular weight is 585 g/mol. The van der Waals surface area contributed by atoms with Crippen LogP contribution < -0.4 is 0 Å². The van der Waals surface area contributed by atoms with Crippen molar-refractivity contribution in [2.45, 2.75) is 39.1 Å². The highest BCUT2D eigenvalue weighted by atomic mass is 31.2. The minimum Gasteiger partial charge on any atom is -0.461 e. The molecule has 42 heavy (non-hydrogen) atoms. The summed E-state index contributed by atoms with van der Waals surface area (Å²) in [5, 5.41) is 0. The Hall–Kier alpha value is -3.99. The highest BCUT2D eigenvalue weighted by molar-refractivity contribution is 7.59. The van der Waals surface area contributed by atoms with Crippen molar-refractivity contribution in [3.63, 3.8) is 0 Å². The number of rotatable bonds is 16. The zero-order chi connectivity index (χ0) is 29.5. The van der Waals surface area contributed by atoms with Gasteiger partial charge in [0.25, 0.3) is 0 Å². The summed E-state index contributed by atoms with van der Waals surface area (Å²) in [4.78, 5) is 26.0. The predicted molar refractivity (Wildman–Crippen MR) is 164 cm³/mol. The zero-order valence-electron chi connectivity index (χ0n) is 23.7. The maximum absolute atomic E-state index is 14.4. The van der Waals surface area contributed by atoms with E-state index in [2.05, 4.69) is 0 Å². The van der Waals surface area contributed by atoms with Gasteiger partial charge in [-0.2, -0.15) is 0 Å². The van der Waals surface area contributed by atoms with Crippen molar-refractivity contribution in [3.8, 4) is 0 Å². The Morgan fingerprint density at radius 2 is 1.05 bits per heavy atom. The van der Waals surface area contributed by atoms with Gasteiger partial charge >= 0.3 is 11.9 Å². The lowest BCUT2D eigenvalue weighted by Gasteiger charge is -2.24. The Balaban J connectivity index is 1.46. The van der Waals surface area contributed by atoms with Crippen LogP contribution in [-0.4, -0.2) is 24.3 Å². The second-order valence-electron chi connectivity index (χ2n) is 10.2. The van der Waals surface area contributed by atoms with Crippen LogP contribution in [0.15, 0.2) is 121 Å². The van der Waals surface area contributed by atoms with Crippen molar-refractivity contribution in [1.82, 2.24) is 0 Å². The summed E-state index contributed by atoms with van der Waals surface area (Å²) in [6.45, 7) is 0.407. The summed E-state index contributed by atoms with van der Waals surface area (Å²) < 4.78 is 31.6. The van der Waals surface area contributed by atoms with Crippen LogP contribution in [0.25, 0.3) is 0 Å². The van der Waals surface area contributed by atoms with E-state index < -0.39 is 25.2 Å². The van der Waals surface area contributed by atoms with E-state index >= 15 is 0 Å². The monoisotopic (exact) mass is 584 g/mol. The molecule has 0 aliphatic carbocycles. The quantitative estimate of drug-likeness (QED) is 0.0997. The molecule has 0 bridgehead atoms. The van der Waals surface area contributed by atoms with Gasteiger partial charge in [0.15, 0.2) is 0 Å². The van der Waals surface area contributed by atoms with E-state index in [0.717, 1.165) is 22.3 Å². The third-order valence-electron chi connectivity index (χ3n) is 6.89. The SMILES string of the molecule is O=C(CCC(CP(=O)(CCc1ccccc1)OCc1ccccc1)C(=O)OCc1ccccc1)OCc1ccccc1. The Morgan fingerprint density at radius 1 is 0.595 bits per heavy atom. The first-order valence-electron chi connectivity index (χ1n) is 14.2. The fourth-order valence-corrected chi connectivity index (χ4v) is 6.89. The van der Waals surface area contributed by atoms with Gasteiger partial charge in [0.05, 0.1) is 12.5 Å². The zero-order valence-corrected chi connectivity index (χ0v) is 24.6. The number of benzene rings is 4. The molecule has 2 unspecified atom stereocenters. The van der Waals surface area contributed by atoms with Gasteiger partial charge in [0.2, 0.25) is 7.37 Å². The number of carbonyl (C=O) groups is 2. The van der Waals surface area contributed by atoms with E-state index in [-0.39, 0.29) is 45.0 Å². The number of hydrogen-bond acceptors (Lipinski definition) is 6. The molecule has 0 saturated carbocycles. The fourth-order valence-electron chi connectivity index (χ4n) is 4.49. The normalized spacial score (nSPS) is 13.0. The maximum atomic E-state index is 14.4. The number of hydrogen-bond donors (Lipinski definition) is 0. The molecule has 6 nitrogen and oxygen atoms in total. The molecule has 0 saturated heterocycles. The van der Waals surface area contributed by atoms with Crippen LogP contribution in [0.5, 0.6) is 0 Å². The van der Waals surface area contributed by atoms with Crippen molar-refractivity contribution >= 4 is 19.3 Å². The number of carbonyl (C=O) groups excluding carboxylic acids is 2. The van der Waals surface area contributed by atoms with Gasteiger partial charge in [-0.3, -0.25) is 14.2 Å². The Labute approximate surface area is 248 Å². The van der Waals surface area contributed by atoms with E-state index in [1.807, 2.05) is 121 Å². The molecule has 4 aromatic rings. The van der Waals surface area contributed by atoms with Crippen LogP contribution in [-0.2, 0) is 54.4 Å². The van der Waals surface area contributed by atoms with E-state index in [1.165, 1.54) is 0 Å². The minimum absolute atomic E-state index is 0.00466. The number of esters is 2. The van der Waals surface area contributed by atoms with Crippen molar-refractivity contribution in [2.75, 3.05) is 12.3 Å². The molecule has 0 amide bonds. The topological polar surface area (TPSA) is 78.9 Å². The van der Waals surface area contributed by atoms with Gasteiger partial charge in [0.1, 0.15) is 13.2 Å². The van der Waals surface area contributed by atoms with Crippen LogP contribution in [0.4, 0.5) is 0 Å². The van der Waals surface area contributed by atoms with Gasteiger partial charge in [-0.25, -0.2) is 0 Å². The predicted octanol–water partition coefficient (Wildman–Crippen LogP) is 7.61. The molecule has 4 rings (SSSR count). The van der Waals surface area contributed by atoms with Crippen LogP contribution in [0, 0.1) is 5.92 Å². The molecule has 2 atom stereocenters. The lowest BCUT2D eigenvalue weighted by molar-refractivity contribution is -0.150. The molecule has 0 radical (unpaired) electrons. The van der Waals surface area contributed by atoms with E-state index in [0.29, 0.717) is 6.42 Å². The van der Waals surface area contributed by atoms with Gasteiger partial charge in [-0.15, -0.1) is 0 Å². The maximum Gasteiger partial charge on any atom is 0.309 e. The van der Waals surface area contributed by atoms with Gasteiger partial charge in [-0.05, 0) is 35.1 Å². The van der Waals surface area contributed by atoms with Crippen molar-refractivity contribution in [1.29, 1.82) is 0 Å². The third-order valence-corrected chi connectivity index (χ3v) is 9.39.